The maximum absolute atomic E-state index is 13.0. The summed E-state index contributed by atoms with van der Waals surface area (Å²) in [6, 6.07) is 2.13. The van der Waals surface area contributed by atoms with Crippen LogP contribution in [0.15, 0.2) is 35.7 Å². The van der Waals surface area contributed by atoms with Gasteiger partial charge in [-0.05, 0) is 19.1 Å². The average Bonchev–Trinajstić information content (AvgIpc) is 3.15. The molecule has 0 spiro atoms. The van der Waals surface area contributed by atoms with Gasteiger partial charge in [0.1, 0.15) is 18.7 Å². The van der Waals surface area contributed by atoms with Crippen LogP contribution in [0.4, 0.5) is 18.9 Å². The van der Waals surface area contributed by atoms with Crippen molar-refractivity contribution in [2.45, 2.75) is 13.1 Å². The van der Waals surface area contributed by atoms with Gasteiger partial charge in [0.05, 0.1) is 18.4 Å². The number of nitrogens with zero attached hydrogens (tertiary/aromatic N) is 6. The van der Waals surface area contributed by atoms with Crippen LogP contribution in [-0.4, -0.2) is 70.9 Å². The first-order valence-corrected chi connectivity index (χ1v) is 9.77. The summed E-state index contributed by atoms with van der Waals surface area (Å²) in [5, 5.41) is 7.19. The van der Waals surface area contributed by atoms with Crippen LogP contribution in [0.25, 0.3) is 0 Å². The van der Waals surface area contributed by atoms with E-state index in [0.717, 1.165) is 11.8 Å². The number of alkyl halides is 3. The Morgan fingerprint density at radius 3 is 2.81 bits per heavy atom. The van der Waals surface area contributed by atoms with Crippen molar-refractivity contribution in [2.24, 2.45) is 12.0 Å². The summed E-state index contributed by atoms with van der Waals surface area (Å²) in [6.45, 7) is 3.63. The number of anilines is 1. The van der Waals surface area contributed by atoms with Gasteiger partial charge in [-0.1, -0.05) is 0 Å². The molecule has 0 unspecified atom stereocenters. The van der Waals surface area contributed by atoms with E-state index < -0.39 is 17.6 Å². The van der Waals surface area contributed by atoms with Crippen molar-refractivity contribution in [1.82, 2.24) is 25.0 Å². The largest absolute Gasteiger partial charge is 0.475 e. The number of carbonyl (C=O) groups is 1. The van der Waals surface area contributed by atoms with Crippen LogP contribution in [0.3, 0.4) is 0 Å². The van der Waals surface area contributed by atoms with Crippen molar-refractivity contribution in [1.29, 1.82) is 0 Å². The molecule has 1 aliphatic heterocycles. The van der Waals surface area contributed by atoms with E-state index in [4.69, 9.17) is 4.74 Å². The van der Waals surface area contributed by atoms with Crippen LogP contribution in [0.2, 0.25) is 0 Å². The van der Waals surface area contributed by atoms with Gasteiger partial charge in [-0.2, -0.15) is 18.3 Å². The Morgan fingerprint density at radius 1 is 1.35 bits per heavy atom. The van der Waals surface area contributed by atoms with Crippen LogP contribution < -0.4 is 15.0 Å². The second-order valence-corrected chi connectivity index (χ2v) is 6.78. The zero-order valence-electron chi connectivity index (χ0n) is 17.3. The third-order valence-corrected chi connectivity index (χ3v) is 4.53. The van der Waals surface area contributed by atoms with Gasteiger partial charge in [-0.25, -0.2) is 9.98 Å². The molecule has 3 heterocycles. The maximum atomic E-state index is 13.0. The number of nitrogens with one attached hydrogen (secondary N) is 1. The summed E-state index contributed by atoms with van der Waals surface area (Å²) in [6.07, 6.45) is 0.107. The molecule has 0 aromatic carbocycles. The van der Waals surface area contributed by atoms with Crippen molar-refractivity contribution in [3.8, 4) is 5.88 Å². The Kier molecular flexibility index (Phi) is 6.98. The number of aliphatic imine (C=N–C) groups is 1. The smallest absolute Gasteiger partial charge is 0.421 e. The molecule has 1 fully saturated rings. The number of pyridine rings is 1. The van der Waals surface area contributed by atoms with Crippen molar-refractivity contribution in [3.05, 3.63) is 36.3 Å². The summed E-state index contributed by atoms with van der Waals surface area (Å²) < 4.78 is 45.9. The maximum Gasteiger partial charge on any atom is 0.421 e. The number of hydrogen-bond donors (Lipinski definition) is 1. The average molecular weight is 439 g/mol. The molecule has 2 aromatic heterocycles. The molecule has 31 heavy (non-hydrogen) atoms. The van der Waals surface area contributed by atoms with E-state index in [2.05, 4.69) is 20.4 Å². The summed E-state index contributed by atoms with van der Waals surface area (Å²) in [4.78, 5) is 24.1. The minimum atomic E-state index is -4.55. The Hall–Kier alpha value is -3.31. The molecule has 1 amide bonds. The lowest BCUT2D eigenvalue weighted by atomic mass is 10.2. The Labute approximate surface area is 177 Å². The number of ether oxygens (including phenoxy) is 1. The molecular weight excluding hydrogens is 415 g/mol. The van der Waals surface area contributed by atoms with Gasteiger partial charge >= 0.3 is 6.18 Å². The van der Waals surface area contributed by atoms with Crippen molar-refractivity contribution in [3.63, 3.8) is 0 Å². The fraction of sp³-hybridized carbons (Fsp3) is 0.474. The van der Waals surface area contributed by atoms with Gasteiger partial charge in [0, 0.05) is 39.1 Å². The molecule has 2 aromatic rings. The molecule has 168 valence electrons. The zero-order chi connectivity index (χ0) is 22.4. The number of rotatable bonds is 6. The minimum absolute atomic E-state index is 0.0847. The number of amides is 1. The predicted molar refractivity (Wildman–Crippen MR) is 108 cm³/mol. The fourth-order valence-corrected chi connectivity index (χ4v) is 3.12. The molecule has 3 rings (SSSR count). The highest BCUT2D eigenvalue weighted by Gasteiger charge is 2.35. The van der Waals surface area contributed by atoms with E-state index in [1.54, 1.807) is 33.9 Å². The van der Waals surface area contributed by atoms with Crippen LogP contribution in [0.5, 0.6) is 5.88 Å². The lowest BCUT2D eigenvalue weighted by Crippen LogP contribution is -2.55. The summed E-state index contributed by atoms with van der Waals surface area (Å²) in [5.74, 6) is -0.0674. The fourth-order valence-electron chi connectivity index (χ4n) is 3.12. The molecule has 1 saturated heterocycles. The molecule has 1 aliphatic rings. The summed E-state index contributed by atoms with van der Waals surface area (Å²) in [5.41, 5.74) is -0.193. The molecule has 12 heteroatoms. The lowest BCUT2D eigenvalue weighted by molar-refractivity contribution is -0.139. The van der Waals surface area contributed by atoms with Gasteiger partial charge in [-0.3, -0.25) is 9.48 Å². The van der Waals surface area contributed by atoms with Crippen LogP contribution in [0, 0.1) is 0 Å². The third kappa shape index (κ3) is 5.64. The summed E-state index contributed by atoms with van der Waals surface area (Å²) >= 11 is 0. The molecule has 1 N–H and O–H groups in total. The van der Waals surface area contributed by atoms with E-state index >= 15 is 0 Å². The first-order valence-electron chi connectivity index (χ1n) is 9.77. The number of carbonyl (C=O) groups excluding carboxylic acids is 1. The van der Waals surface area contributed by atoms with E-state index in [9.17, 15) is 18.0 Å². The standard InChI is InChI=1S/C19H24F3N7O2/c1-3-23-18(25-7-10-31-17-15(19(20,21)22)5-4-6-24-17)28-8-9-29(16(30)13-28)14-11-26-27(2)12-14/h4-6,11-12H,3,7-10,13H2,1-2H3,(H,23,25). The Morgan fingerprint density at radius 2 is 2.16 bits per heavy atom. The highest BCUT2D eigenvalue weighted by Crippen LogP contribution is 2.34. The van der Waals surface area contributed by atoms with Gasteiger partial charge in [0.15, 0.2) is 5.96 Å². The van der Waals surface area contributed by atoms with Gasteiger partial charge in [-0.15, -0.1) is 0 Å². The van der Waals surface area contributed by atoms with Crippen LogP contribution in [-0.2, 0) is 18.0 Å². The van der Waals surface area contributed by atoms with Crippen molar-refractivity contribution >= 4 is 17.6 Å². The number of aromatic nitrogens is 3. The molecule has 0 atom stereocenters. The SMILES string of the molecule is CCNC(=NCCOc1ncccc1C(F)(F)F)N1CCN(c2cnn(C)c2)C(=O)C1. The van der Waals surface area contributed by atoms with E-state index in [-0.39, 0.29) is 25.6 Å². The molecule has 0 saturated carbocycles. The van der Waals surface area contributed by atoms with Gasteiger partial charge in [0.25, 0.3) is 0 Å². The number of hydrogen-bond acceptors (Lipinski definition) is 5. The van der Waals surface area contributed by atoms with Crippen LogP contribution >= 0.6 is 0 Å². The number of halogens is 3. The predicted octanol–water partition coefficient (Wildman–Crippen LogP) is 1.53. The monoisotopic (exact) mass is 439 g/mol. The highest BCUT2D eigenvalue weighted by molar-refractivity contribution is 5.98. The summed E-state index contributed by atoms with van der Waals surface area (Å²) in [7, 11) is 1.78. The normalized spacial score (nSPS) is 15.4. The number of aryl methyl sites for hydroxylation is 1. The topological polar surface area (TPSA) is 87.9 Å². The Bertz CT molecular complexity index is 929. The Balaban J connectivity index is 1.59. The van der Waals surface area contributed by atoms with Gasteiger partial charge < -0.3 is 19.9 Å². The van der Waals surface area contributed by atoms with Gasteiger partial charge in [0.2, 0.25) is 11.8 Å². The quantitative estimate of drug-likeness (QED) is 0.417. The van der Waals surface area contributed by atoms with Crippen LogP contribution in [0.1, 0.15) is 12.5 Å². The molecular formula is C19H24F3N7O2. The third-order valence-electron chi connectivity index (χ3n) is 4.53. The van der Waals surface area contributed by atoms with E-state index in [0.29, 0.717) is 25.6 Å². The second kappa shape index (κ2) is 9.67. The molecule has 0 bridgehead atoms. The number of piperazine rings is 1. The first-order chi connectivity index (χ1) is 14.8. The number of guanidine groups is 1. The minimum Gasteiger partial charge on any atom is -0.475 e. The van der Waals surface area contributed by atoms with Crippen molar-refractivity contribution < 1.29 is 22.7 Å². The zero-order valence-corrected chi connectivity index (χ0v) is 17.3. The van der Waals surface area contributed by atoms with E-state index in [1.165, 1.54) is 12.3 Å². The molecule has 9 nitrogen and oxygen atoms in total. The first kappa shape index (κ1) is 22.4. The van der Waals surface area contributed by atoms with E-state index in [1.807, 2.05) is 6.92 Å². The molecule has 0 radical (unpaired) electrons. The highest BCUT2D eigenvalue weighted by atomic mass is 19.4. The lowest BCUT2D eigenvalue weighted by Gasteiger charge is -2.35. The second-order valence-electron chi connectivity index (χ2n) is 6.78. The van der Waals surface area contributed by atoms with Crippen molar-refractivity contribution in [2.75, 3.05) is 44.2 Å². The molecule has 0 aliphatic carbocycles.